The molecule has 0 fully saturated rings. The first kappa shape index (κ1) is 18.5. The number of hydrogen-bond acceptors (Lipinski definition) is 6. The topological polar surface area (TPSA) is 49.8 Å². The highest BCUT2D eigenvalue weighted by molar-refractivity contribution is 7.14. The smallest absolute Gasteiger partial charge is 0.187 e. The molecule has 0 spiro atoms. The molecule has 4 nitrogen and oxygen atoms in total. The number of benzene rings is 3. The molecule has 0 saturated heterocycles. The Morgan fingerprint density at radius 3 is 1.30 bits per heavy atom. The molecular weight excluding hydrogens is 408 g/mol. The van der Waals surface area contributed by atoms with Gasteiger partial charge in [-0.3, -0.25) is 0 Å². The normalized spacial score (nSPS) is 10.7. The van der Waals surface area contributed by atoms with E-state index in [1.54, 1.807) is 22.7 Å². The molecule has 30 heavy (non-hydrogen) atoms. The molecule has 0 amide bonds. The molecule has 0 bridgehead atoms. The van der Waals surface area contributed by atoms with Crippen molar-refractivity contribution in [1.82, 2.24) is 9.97 Å². The molecule has 0 aliphatic carbocycles. The summed E-state index contributed by atoms with van der Waals surface area (Å²) in [5.74, 6) is 0. The van der Waals surface area contributed by atoms with Crippen LogP contribution in [0.2, 0.25) is 0 Å². The number of hydrogen-bond donors (Lipinski definition) is 2. The van der Waals surface area contributed by atoms with Gasteiger partial charge in [0.15, 0.2) is 10.3 Å². The number of nitrogens with one attached hydrogen (secondary N) is 2. The second kappa shape index (κ2) is 8.49. The van der Waals surface area contributed by atoms with Gasteiger partial charge >= 0.3 is 0 Å². The maximum absolute atomic E-state index is 4.71. The molecule has 0 unspecified atom stereocenters. The average molecular weight is 427 g/mol. The van der Waals surface area contributed by atoms with E-state index >= 15 is 0 Å². The van der Waals surface area contributed by atoms with Crippen LogP contribution in [0, 0.1) is 0 Å². The lowest BCUT2D eigenvalue weighted by molar-refractivity contribution is 1.37. The molecule has 2 N–H and O–H groups in total. The Kier molecular flexibility index (Phi) is 5.25. The predicted octanol–water partition coefficient (Wildman–Crippen LogP) is 7.42. The van der Waals surface area contributed by atoms with Crippen LogP contribution in [0.4, 0.5) is 21.6 Å². The van der Waals surface area contributed by atoms with Crippen molar-refractivity contribution in [2.24, 2.45) is 0 Å². The van der Waals surface area contributed by atoms with Gasteiger partial charge in [0.25, 0.3) is 0 Å². The first-order chi connectivity index (χ1) is 14.8. The van der Waals surface area contributed by atoms with E-state index in [-0.39, 0.29) is 0 Å². The number of anilines is 4. The van der Waals surface area contributed by atoms with Crippen LogP contribution in [0.5, 0.6) is 0 Å². The number of nitrogens with zero attached hydrogens (tertiary/aromatic N) is 2. The molecule has 0 saturated carbocycles. The third-order valence-corrected chi connectivity index (χ3v) is 6.05. The molecule has 2 heterocycles. The highest BCUT2D eigenvalue weighted by atomic mass is 32.1. The van der Waals surface area contributed by atoms with Gasteiger partial charge in [0.05, 0.1) is 11.4 Å². The zero-order valence-corrected chi connectivity index (χ0v) is 17.6. The molecule has 3 aromatic carbocycles. The van der Waals surface area contributed by atoms with Gasteiger partial charge in [0, 0.05) is 33.3 Å². The van der Waals surface area contributed by atoms with Crippen LogP contribution >= 0.6 is 22.7 Å². The van der Waals surface area contributed by atoms with E-state index in [1.165, 1.54) is 0 Å². The first-order valence-corrected chi connectivity index (χ1v) is 11.3. The van der Waals surface area contributed by atoms with Crippen molar-refractivity contribution in [1.29, 1.82) is 0 Å². The highest BCUT2D eigenvalue weighted by Gasteiger charge is 2.08. The Morgan fingerprint density at radius 2 is 0.900 bits per heavy atom. The molecule has 0 aliphatic rings. The van der Waals surface area contributed by atoms with E-state index < -0.39 is 0 Å². The molecule has 6 heteroatoms. The Hall–Kier alpha value is -3.48. The summed E-state index contributed by atoms with van der Waals surface area (Å²) >= 11 is 3.21. The number of thiazole rings is 2. The summed E-state index contributed by atoms with van der Waals surface area (Å²) in [6.07, 6.45) is 0. The summed E-state index contributed by atoms with van der Waals surface area (Å²) in [7, 11) is 0. The minimum atomic E-state index is 0.886. The van der Waals surface area contributed by atoms with Gasteiger partial charge < -0.3 is 10.6 Å². The maximum Gasteiger partial charge on any atom is 0.187 e. The summed E-state index contributed by atoms with van der Waals surface area (Å²) in [6.45, 7) is 0. The largest absolute Gasteiger partial charge is 0.332 e. The van der Waals surface area contributed by atoms with Crippen LogP contribution in [0.3, 0.4) is 0 Å². The summed E-state index contributed by atoms with van der Waals surface area (Å²) in [6, 6.07) is 28.6. The van der Waals surface area contributed by atoms with Gasteiger partial charge in [0.2, 0.25) is 0 Å². The Morgan fingerprint density at radius 1 is 0.500 bits per heavy atom. The van der Waals surface area contributed by atoms with Crippen molar-refractivity contribution < 1.29 is 0 Å². The standard InChI is InChI=1S/C24H18N4S2/c1-3-7-19(8-4-1)25-23-27-21(15-29-23)17-11-13-18(14-12-17)22-16-30-24(28-22)26-20-9-5-2-6-10-20/h1-16H,(H,25,27)(H,26,28). The van der Waals surface area contributed by atoms with E-state index in [0.717, 1.165) is 44.2 Å². The average Bonchev–Trinajstić information content (AvgIpc) is 3.45. The fourth-order valence-corrected chi connectivity index (χ4v) is 4.51. The van der Waals surface area contributed by atoms with Gasteiger partial charge in [-0.05, 0) is 24.3 Å². The number of aromatic nitrogens is 2. The van der Waals surface area contributed by atoms with Gasteiger partial charge in [-0.25, -0.2) is 9.97 Å². The van der Waals surface area contributed by atoms with Crippen molar-refractivity contribution in [2.45, 2.75) is 0 Å². The van der Waals surface area contributed by atoms with Gasteiger partial charge in [-0.1, -0.05) is 60.7 Å². The van der Waals surface area contributed by atoms with E-state index in [4.69, 9.17) is 9.97 Å². The SMILES string of the molecule is c1ccc(Nc2nc(-c3ccc(-c4csc(Nc5ccccc5)n4)cc3)cs2)cc1. The first-order valence-electron chi connectivity index (χ1n) is 9.49. The quantitative estimate of drug-likeness (QED) is 0.297. The Balaban J connectivity index is 1.29. The van der Waals surface area contributed by atoms with E-state index in [9.17, 15) is 0 Å². The molecule has 5 aromatic rings. The Bertz CT molecular complexity index is 1130. The van der Waals surface area contributed by atoms with E-state index in [1.807, 2.05) is 60.7 Å². The molecule has 0 aliphatic heterocycles. The molecular formula is C24H18N4S2. The lowest BCUT2D eigenvalue weighted by Gasteiger charge is -2.02. The Labute approximate surface area is 182 Å². The summed E-state index contributed by atoms with van der Waals surface area (Å²) < 4.78 is 0. The second-order valence-electron chi connectivity index (χ2n) is 6.64. The fraction of sp³-hybridized carbons (Fsp3) is 0. The zero-order chi connectivity index (χ0) is 20.2. The number of rotatable bonds is 6. The van der Waals surface area contributed by atoms with Crippen molar-refractivity contribution in [3.63, 3.8) is 0 Å². The molecule has 5 rings (SSSR count). The van der Waals surface area contributed by atoms with Crippen molar-refractivity contribution in [3.05, 3.63) is 95.7 Å². The lowest BCUT2D eigenvalue weighted by atomic mass is 10.1. The minimum absolute atomic E-state index is 0.886. The van der Waals surface area contributed by atoms with Gasteiger partial charge in [-0.2, -0.15) is 0 Å². The molecule has 2 aromatic heterocycles. The van der Waals surface area contributed by atoms with Crippen LogP contribution in [-0.2, 0) is 0 Å². The number of para-hydroxylation sites is 2. The molecule has 146 valence electrons. The van der Waals surface area contributed by atoms with Crippen LogP contribution in [-0.4, -0.2) is 9.97 Å². The van der Waals surface area contributed by atoms with Crippen molar-refractivity contribution >= 4 is 44.3 Å². The molecule has 0 radical (unpaired) electrons. The van der Waals surface area contributed by atoms with Gasteiger partial charge in [-0.15, -0.1) is 22.7 Å². The second-order valence-corrected chi connectivity index (χ2v) is 8.35. The summed E-state index contributed by atoms with van der Waals surface area (Å²) in [4.78, 5) is 9.43. The highest BCUT2D eigenvalue weighted by Crippen LogP contribution is 2.31. The van der Waals surface area contributed by atoms with Crippen LogP contribution < -0.4 is 10.6 Å². The maximum atomic E-state index is 4.71. The monoisotopic (exact) mass is 426 g/mol. The van der Waals surface area contributed by atoms with Crippen molar-refractivity contribution in [3.8, 4) is 22.5 Å². The fourth-order valence-electron chi connectivity index (χ4n) is 3.03. The third-order valence-electron chi connectivity index (χ3n) is 4.53. The van der Waals surface area contributed by atoms with Crippen LogP contribution in [0.25, 0.3) is 22.5 Å². The lowest BCUT2D eigenvalue weighted by Crippen LogP contribution is -1.89. The van der Waals surface area contributed by atoms with E-state index in [2.05, 4.69) is 45.7 Å². The molecule has 0 atom stereocenters. The predicted molar refractivity (Wildman–Crippen MR) is 128 cm³/mol. The van der Waals surface area contributed by atoms with Crippen LogP contribution in [0.1, 0.15) is 0 Å². The van der Waals surface area contributed by atoms with Crippen LogP contribution in [0.15, 0.2) is 95.7 Å². The van der Waals surface area contributed by atoms with Crippen molar-refractivity contribution in [2.75, 3.05) is 10.6 Å². The van der Waals surface area contributed by atoms with Gasteiger partial charge in [0.1, 0.15) is 0 Å². The summed E-state index contributed by atoms with van der Waals surface area (Å²) in [5.41, 5.74) is 6.20. The minimum Gasteiger partial charge on any atom is -0.332 e. The zero-order valence-electron chi connectivity index (χ0n) is 15.9. The van der Waals surface area contributed by atoms with E-state index in [0.29, 0.717) is 0 Å². The third kappa shape index (κ3) is 4.25. The summed E-state index contributed by atoms with van der Waals surface area (Å²) in [5, 5.41) is 12.6.